The van der Waals surface area contributed by atoms with Crippen molar-refractivity contribution in [3.63, 3.8) is 0 Å². The van der Waals surface area contributed by atoms with Gasteiger partial charge in [0.15, 0.2) is 0 Å². The first-order valence-corrected chi connectivity index (χ1v) is 9.43. The quantitative estimate of drug-likeness (QED) is 0.295. The van der Waals surface area contributed by atoms with Crippen molar-refractivity contribution in [3.8, 4) is 0 Å². The maximum Gasteiger partial charge on any atom is 0.0188 e. The van der Waals surface area contributed by atoms with E-state index in [-0.39, 0.29) is 0 Å². The fourth-order valence-electron chi connectivity index (χ4n) is 3.84. The smallest absolute Gasteiger partial charge is 0.0188 e. The number of fused-ring (bicyclic) bond motifs is 4. The molecule has 4 aromatic carbocycles. The number of rotatable bonds is 2. The fraction of sp³-hybridized carbons (Fsp3) is 0.182. The van der Waals surface area contributed by atoms with Gasteiger partial charge in [0.2, 0.25) is 0 Å². The van der Waals surface area contributed by atoms with Crippen LogP contribution in [0.4, 0.5) is 0 Å². The third-order valence-corrected chi connectivity index (χ3v) is 5.54. The Labute approximate surface area is 141 Å². The maximum absolute atomic E-state index is 2.42. The van der Waals surface area contributed by atoms with E-state index in [1.807, 2.05) is 11.8 Å². The van der Waals surface area contributed by atoms with E-state index in [4.69, 9.17) is 0 Å². The standard InChI is InChI=1S/C22H20S/c1-14-17-8-4-5-9-18(17)15(2)22-20-11-7-6-10-19(20)16(13-23-3)12-21(14)22/h4-12H,13H2,1-3H3. The highest BCUT2D eigenvalue weighted by Crippen LogP contribution is 2.38. The van der Waals surface area contributed by atoms with Crippen molar-refractivity contribution in [2.45, 2.75) is 19.6 Å². The van der Waals surface area contributed by atoms with Gasteiger partial charge in [0.1, 0.15) is 0 Å². The van der Waals surface area contributed by atoms with Crippen LogP contribution >= 0.6 is 11.8 Å². The molecule has 114 valence electrons. The highest BCUT2D eigenvalue weighted by molar-refractivity contribution is 7.97. The zero-order valence-electron chi connectivity index (χ0n) is 13.8. The lowest BCUT2D eigenvalue weighted by Gasteiger charge is -2.16. The van der Waals surface area contributed by atoms with Gasteiger partial charge in [0.05, 0.1) is 0 Å². The normalized spacial score (nSPS) is 11.6. The van der Waals surface area contributed by atoms with Gasteiger partial charge in [-0.3, -0.25) is 0 Å². The topological polar surface area (TPSA) is 0 Å². The molecule has 4 aromatic rings. The SMILES string of the molecule is CSCc1cc2c(C)c3ccccc3c(C)c2c2ccccc12. The van der Waals surface area contributed by atoms with Crippen molar-refractivity contribution in [2.24, 2.45) is 0 Å². The van der Waals surface area contributed by atoms with Crippen LogP contribution in [0, 0.1) is 13.8 Å². The molecule has 0 amide bonds. The van der Waals surface area contributed by atoms with E-state index in [9.17, 15) is 0 Å². The van der Waals surface area contributed by atoms with Crippen LogP contribution in [0.1, 0.15) is 16.7 Å². The average molecular weight is 316 g/mol. The lowest BCUT2D eigenvalue weighted by molar-refractivity contribution is 1.46. The van der Waals surface area contributed by atoms with Gasteiger partial charge in [-0.05, 0) is 75.2 Å². The molecule has 0 aliphatic rings. The zero-order chi connectivity index (χ0) is 16.0. The maximum atomic E-state index is 2.42. The Kier molecular flexibility index (Phi) is 3.54. The van der Waals surface area contributed by atoms with Gasteiger partial charge in [-0.1, -0.05) is 48.5 Å². The molecule has 1 heteroatoms. The Hall–Kier alpha value is -1.99. The van der Waals surface area contributed by atoms with Crippen LogP contribution < -0.4 is 0 Å². The first-order valence-electron chi connectivity index (χ1n) is 8.03. The molecule has 0 spiro atoms. The summed E-state index contributed by atoms with van der Waals surface area (Å²) in [6, 6.07) is 20.1. The van der Waals surface area contributed by atoms with Crippen molar-refractivity contribution in [3.05, 3.63) is 71.3 Å². The van der Waals surface area contributed by atoms with Crippen LogP contribution in [0.5, 0.6) is 0 Å². The molecule has 0 aliphatic heterocycles. The Morgan fingerprint density at radius 1 is 0.696 bits per heavy atom. The van der Waals surface area contributed by atoms with Gasteiger partial charge in [-0.2, -0.15) is 11.8 Å². The first-order chi connectivity index (χ1) is 11.2. The molecular weight excluding hydrogens is 296 g/mol. The second-order valence-electron chi connectivity index (χ2n) is 6.23. The predicted molar refractivity (Wildman–Crippen MR) is 106 cm³/mol. The van der Waals surface area contributed by atoms with E-state index in [2.05, 4.69) is 74.7 Å². The molecule has 0 bridgehead atoms. The summed E-state index contributed by atoms with van der Waals surface area (Å²) in [7, 11) is 0. The van der Waals surface area contributed by atoms with Crippen molar-refractivity contribution in [2.75, 3.05) is 6.26 Å². The van der Waals surface area contributed by atoms with Crippen molar-refractivity contribution in [1.82, 2.24) is 0 Å². The third-order valence-electron chi connectivity index (χ3n) is 4.94. The zero-order valence-corrected chi connectivity index (χ0v) is 14.6. The molecule has 0 saturated heterocycles. The lowest BCUT2D eigenvalue weighted by Crippen LogP contribution is -1.93. The molecule has 0 aliphatic carbocycles. The molecule has 0 unspecified atom stereocenters. The number of hydrogen-bond acceptors (Lipinski definition) is 1. The van der Waals surface area contributed by atoms with Crippen LogP contribution in [0.25, 0.3) is 32.3 Å². The van der Waals surface area contributed by atoms with Gasteiger partial charge >= 0.3 is 0 Å². The highest BCUT2D eigenvalue weighted by Gasteiger charge is 2.13. The fourth-order valence-corrected chi connectivity index (χ4v) is 4.39. The molecular formula is C22H20S. The highest BCUT2D eigenvalue weighted by atomic mass is 32.2. The summed E-state index contributed by atoms with van der Waals surface area (Å²) >= 11 is 1.89. The van der Waals surface area contributed by atoms with E-state index in [1.165, 1.54) is 49.0 Å². The average Bonchev–Trinajstić information content (AvgIpc) is 2.60. The summed E-state index contributed by atoms with van der Waals surface area (Å²) < 4.78 is 0. The van der Waals surface area contributed by atoms with E-state index in [0.29, 0.717) is 0 Å². The number of benzene rings is 4. The molecule has 4 rings (SSSR count). The molecule has 0 atom stereocenters. The summed E-state index contributed by atoms with van der Waals surface area (Å²) in [6.07, 6.45) is 2.18. The van der Waals surface area contributed by atoms with Crippen molar-refractivity contribution >= 4 is 44.1 Å². The minimum absolute atomic E-state index is 1.06. The number of thioether (sulfide) groups is 1. The third kappa shape index (κ3) is 2.14. The largest absolute Gasteiger partial charge is 0.161 e. The molecule has 0 saturated carbocycles. The number of hydrogen-bond donors (Lipinski definition) is 0. The van der Waals surface area contributed by atoms with Gasteiger partial charge in [0.25, 0.3) is 0 Å². The lowest BCUT2D eigenvalue weighted by atomic mass is 9.88. The predicted octanol–water partition coefficient (Wildman–Crippen LogP) is 6.63. The van der Waals surface area contributed by atoms with Crippen molar-refractivity contribution < 1.29 is 0 Å². The molecule has 23 heavy (non-hydrogen) atoms. The molecule has 0 heterocycles. The van der Waals surface area contributed by atoms with Crippen LogP contribution in [0.3, 0.4) is 0 Å². The van der Waals surface area contributed by atoms with E-state index < -0.39 is 0 Å². The summed E-state index contributed by atoms with van der Waals surface area (Å²) in [5.41, 5.74) is 4.24. The number of aryl methyl sites for hydroxylation is 2. The van der Waals surface area contributed by atoms with E-state index >= 15 is 0 Å². The Bertz CT molecular complexity index is 1040. The Balaban J connectivity index is 2.30. The Morgan fingerprint density at radius 3 is 1.91 bits per heavy atom. The summed E-state index contributed by atoms with van der Waals surface area (Å²) in [5.74, 6) is 1.06. The first kappa shape index (κ1) is 14.6. The van der Waals surface area contributed by atoms with Crippen LogP contribution in [0.2, 0.25) is 0 Å². The van der Waals surface area contributed by atoms with Gasteiger partial charge in [-0.15, -0.1) is 0 Å². The van der Waals surface area contributed by atoms with Crippen LogP contribution in [-0.4, -0.2) is 6.26 Å². The molecule has 0 nitrogen and oxygen atoms in total. The van der Waals surface area contributed by atoms with Crippen LogP contribution in [-0.2, 0) is 5.75 Å². The Morgan fingerprint density at radius 2 is 1.26 bits per heavy atom. The van der Waals surface area contributed by atoms with Gasteiger partial charge in [-0.25, -0.2) is 0 Å². The minimum Gasteiger partial charge on any atom is -0.161 e. The minimum atomic E-state index is 1.06. The summed E-state index contributed by atoms with van der Waals surface area (Å²) in [5, 5.41) is 8.36. The second kappa shape index (κ2) is 5.58. The molecule has 0 aromatic heterocycles. The van der Waals surface area contributed by atoms with E-state index in [1.54, 1.807) is 0 Å². The molecule has 0 N–H and O–H groups in total. The molecule has 0 radical (unpaired) electrons. The summed E-state index contributed by atoms with van der Waals surface area (Å²) in [4.78, 5) is 0. The van der Waals surface area contributed by atoms with E-state index in [0.717, 1.165) is 5.75 Å². The second-order valence-corrected chi connectivity index (χ2v) is 7.10. The van der Waals surface area contributed by atoms with Crippen molar-refractivity contribution in [1.29, 1.82) is 0 Å². The monoisotopic (exact) mass is 316 g/mol. The summed E-state index contributed by atoms with van der Waals surface area (Å²) in [6.45, 7) is 4.53. The van der Waals surface area contributed by atoms with Crippen LogP contribution in [0.15, 0.2) is 54.6 Å². The van der Waals surface area contributed by atoms with Gasteiger partial charge in [0, 0.05) is 5.75 Å². The van der Waals surface area contributed by atoms with Gasteiger partial charge < -0.3 is 0 Å². The molecule has 0 fully saturated rings.